The van der Waals surface area contributed by atoms with Crippen LogP contribution in [0.5, 0.6) is 0 Å². The van der Waals surface area contributed by atoms with E-state index in [2.05, 4.69) is 26.5 Å². The van der Waals surface area contributed by atoms with Crippen LogP contribution in [0.4, 0.5) is 0 Å². The number of amides is 1. The largest absolute Gasteiger partial charge is 0.313 e. The molecule has 2 heteroatoms. The summed E-state index contributed by atoms with van der Waals surface area (Å²) in [6, 6.07) is 0. The number of likely N-dealkylation sites (tertiary alicyclic amines) is 1. The van der Waals surface area contributed by atoms with E-state index in [4.69, 9.17) is 0 Å². The monoisotopic (exact) mass is 179 g/mol. The molecule has 0 aromatic rings. The van der Waals surface area contributed by atoms with Crippen LogP contribution in [0.3, 0.4) is 0 Å². The summed E-state index contributed by atoms with van der Waals surface area (Å²) in [4.78, 5) is 13.1. The van der Waals surface area contributed by atoms with Crippen molar-refractivity contribution in [3.63, 3.8) is 0 Å². The van der Waals surface area contributed by atoms with Crippen molar-refractivity contribution < 1.29 is 4.79 Å². The lowest BCUT2D eigenvalue weighted by molar-refractivity contribution is -0.125. The van der Waals surface area contributed by atoms with Gasteiger partial charge in [0.1, 0.15) is 0 Å². The number of carbonyl (C=O) groups excluding carboxylic acids is 1. The van der Waals surface area contributed by atoms with E-state index in [-0.39, 0.29) is 5.91 Å². The quantitative estimate of drug-likeness (QED) is 0.609. The molecule has 1 aliphatic heterocycles. The van der Waals surface area contributed by atoms with E-state index in [0.29, 0.717) is 12.3 Å². The fourth-order valence-electron chi connectivity index (χ4n) is 1.35. The first-order valence-corrected chi connectivity index (χ1v) is 4.78. The number of nitrogens with zero attached hydrogens (tertiary/aromatic N) is 1. The van der Waals surface area contributed by atoms with Gasteiger partial charge >= 0.3 is 0 Å². The van der Waals surface area contributed by atoms with Gasteiger partial charge in [0.15, 0.2) is 0 Å². The van der Waals surface area contributed by atoms with Crippen molar-refractivity contribution in [2.75, 3.05) is 6.54 Å². The van der Waals surface area contributed by atoms with Gasteiger partial charge in [0.05, 0.1) is 0 Å². The summed E-state index contributed by atoms with van der Waals surface area (Å²) in [5.41, 5.74) is 0.830. The molecule has 0 aliphatic carbocycles. The molecule has 0 saturated carbocycles. The predicted molar refractivity (Wildman–Crippen MR) is 54.1 cm³/mol. The molecule has 1 rings (SSSR count). The molecule has 1 heterocycles. The third-order valence-corrected chi connectivity index (χ3v) is 2.09. The van der Waals surface area contributed by atoms with Crippen molar-refractivity contribution in [1.29, 1.82) is 0 Å². The number of allylic oxidation sites excluding steroid dienone is 2. The molecular weight excluding hydrogens is 162 g/mol. The van der Waals surface area contributed by atoms with Gasteiger partial charge in [0, 0.05) is 18.7 Å². The average Bonchev–Trinajstić information content (AvgIpc) is 2.47. The highest BCUT2D eigenvalue weighted by Crippen LogP contribution is 2.16. The van der Waals surface area contributed by atoms with Crippen LogP contribution >= 0.6 is 0 Å². The number of hydrogen-bond donors (Lipinski definition) is 0. The highest BCUT2D eigenvalue weighted by atomic mass is 16.2. The molecule has 1 fully saturated rings. The van der Waals surface area contributed by atoms with Gasteiger partial charge in [0.25, 0.3) is 0 Å². The normalized spacial score (nSPS) is 17.8. The Morgan fingerprint density at radius 2 is 2.31 bits per heavy atom. The second-order valence-electron chi connectivity index (χ2n) is 3.74. The van der Waals surface area contributed by atoms with E-state index in [0.717, 1.165) is 18.7 Å². The Balaban J connectivity index is 2.52. The molecule has 0 aromatic heterocycles. The minimum Gasteiger partial charge on any atom is -0.313 e. The summed E-state index contributed by atoms with van der Waals surface area (Å²) >= 11 is 0. The smallest absolute Gasteiger partial charge is 0.227 e. The van der Waals surface area contributed by atoms with Crippen LogP contribution in [-0.4, -0.2) is 17.4 Å². The Morgan fingerprint density at radius 3 is 2.77 bits per heavy atom. The summed E-state index contributed by atoms with van der Waals surface area (Å²) in [5.74, 6) is 0.716. The lowest BCUT2D eigenvalue weighted by Gasteiger charge is -2.15. The summed E-state index contributed by atoms with van der Waals surface area (Å²) in [6.07, 6.45) is 5.64. The average molecular weight is 179 g/mol. The van der Waals surface area contributed by atoms with Gasteiger partial charge in [-0.15, -0.1) is 0 Å². The maximum atomic E-state index is 11.3. The van der Waals surface area contributed by atoms with Gasteiger partial charge in [-0.1, -0.05) is 26.5 Å². The van der Waals surface area contributed by atoms with Crippen molar-refractivity contribution in [2.45, 2.75) is 26.7 Å². The van der Waals surface area contributed by atoms with Gasteiger partial charge in [-0.25, -0.2) is 0 Å². The summed E-state index contributed by atoms with van der Waals surface area (Å²) < 4.78 is 0. The van der Waals surface area contributed by atoms with Crippen molar-refractivity contribution >= 4 is 5.91 Å². The van der Waals surface area contributed by atoms with E-state index < -0.39 is 0 Å². The second-order valence-corrected chi connectivity index (χ2v) is 3.74. The van der Waals surface area contributed by atoms with Gasteiger partial charge in [-0.3, -0.25) is 4.79 Å². The van der Waals surface area contributed by atoms with Crippen LogP contribution in [0, 0.1) is 5.92 Å². The van der Waals surface area contributed by atoms with Gasteiger partial charge in [0.2, 0.25) is 5.91 Å². The lowest BCUT2D eigenvalue weighted by Crippen LogP contribution is -2.22. The third kappa shape index (κ3) is 2.72. The topological polar surface area (TPSA) is 20.3 Å². The highest BCUT2D eigenvalue weighted by molar-refractivity contribution is 5.80. The van der Waals surface area contributed by atoms with E-state index >= 15 is 0 Å². The van der Waals surface area contributed by atoms with Gasteiger partial charge < -0.3 is 4.90 Å². The van der Waals surface area contributed by atoms with Crippen LogP contribution in [0.25, 0.3) is 0 Å². The summed E-state index contributed by atoms with van der Waals surface area (Å²) in [7, 11) is 0. The first-order chi connectivity index (χ1) is 6.11. The Kier molecular flexibility index (Phi) is 3.29. The lowest BCUT2D eigenvalue weighted by atomic mass is 10.2. The molecule has 0 spiro atoms. The molecule has 0 atom stereocenters. The molecule has 1 amide bonds. The van der Waals surface area contributed by atoms with Crippen LogP contribution < -0.4 is 0 Å². The molecule has 2 nitrogen and oxygen atoms in total. The Hall–Kier alpha value is -1.05. The fraction of sp³-hybridized carbons (Fsp3) is 0.545. The van der Waals surface area contributed by atoms with Crippen molar-refractivity contribution in [3.8, 4) is 0 Å². The van der Waals surface area contributed by atoms with Crippen LogP contribution in [0.1, 0.15) is 26.7 Å². The van der Waals surface area contributed by atoms with Crippen molar-refractivity contribution in [3.05, 3.63) is 24.4 Å². The number of rotatable bonds is 3. The van der Waals surface area contributed by atoms with E-state index in [1.807, 2.05) is 6.08 Å². The first kappa shape index (κ1) is 10.0. The molecule has 1 aliphatic rings. The molecule has 0 unspecified atom stereocenters. The van der Waals surface area contributed by atoms with Crippen molar-refractivity contribution in [2.24, 2.45) is 5.92 Å². The fourth-order valence-corrected chi connectivity index (χ4v) is 1.35. The van der Waals surface area contributed by atoms with E-state index in [9.17, 15) is 4.79 Å². The molecule has 0 bridgehead atoms. The molecule has 0 radical (unpaired) electrons. The molecule has 0 aromatic carbocycles. The first-order valence-electron chi connectivity index (χ1n) is 4.78. The maximum absolute atomic E-state index is 11.3. The SMILES string of the molecule is C=C(C=CC(C)C)N1CCCC1=O. The maximum Gasteiger partial charge on any atom is 0.227 e. The molecule has 13 heavy (non-hydrogen) atoms. The molecule has 1 saturated heterocycles. The predicted octanol–water partition coefficient (Wildman–Crippen LogP) is 2.33. The number of carbonyl (C=O) groups is 1. The number of hydrogen-bond acceptors (Lipinski definition) is 1. The zero-order chi connectivity index (χ0) is 9.84. The van der Waals surface area contributed by atoms with E-state index in [1.54, 1.807) is 4.90 Å². The molecule has 72 valence electrons. The van der Waals surface area contributed by atoms with Gasteiger partial charge in [-0.2, -0.15) is 0 Å². The van der Waals surface area contributed by atoms with Crippen molar-refractivity contribution in [1.82, 2.24) is 4.90 Å². The Labute approximate surface area is 79.9 Å². The summed E-state index contributed by atoms with van der Waals surface area (Å²) in [5, 5.41) is 0. The van der Waals surface area contributed by atoms with Crippen LogP contribution in [0.2, 0.25) is 0 Å². The zero-order valence-corrected chi connectivity index (χ0v) is 8.42. The molecular formula is C11H17NO. The Morgan fingerprint density at radius 1 is 1.62 bits per heavy atom. The standard InChI is InChI=1S/C11H17NO/c1-9(2)6-7-10(3)12-8-4-5-11(12)13/h6-7,9H,3-5,8H2,1-2H3. The highest BCUT2D eigenvalue weighted by Gasteiger charge is 2.20. The minimum atomic E-state index is 0.207. The zero-order valence-electron chi connectivity index (χ0n) is 8.42. The van der Waals surface area contributed by atoms with Crippen LogP contribution in [0.15, 0.2) is 24.4 Å². The van der Waals surface area contributed by atoms with Gasteiger partial charge in [-0.05, 0) is 18.4 Å². The molecule has 0 N–H and O–H groups in total. The van der Waals surface area contributed by atoms with E-state index in [1.165, 1.54) is 0 Å². The second kappa shape index (κ2) is 4.26. The minimum absolute atomic E-state index is 0.207. The summed E-state index contributed by atoms with van der Waals surface area (Å²) in [6.45, 7) is 8.92. The van der Waals surface area contributed by atoms with Crippen LogP contribution in [-0.2, 0) is 4.79 Å². The Bertz CT molecular complexity index is 240. The third-order valence-electron chi connectivity index (χ3n) is 2.09.